The monoisotopic (exact) mass is 268 g/mol. The van der Waals surface area contributed by atoms with Gasteiger partial charge < -0.3 is 10.6 Å². The largest absolute Gasteiger partial charge is 0.336 e. The molecule has 1 heterocycles. The summed E-state index contributed by atoms with van der Waals surface area (Å²) in [4.78, 5) is 14.0. The van der Waals surface area contributed by atoms with E-state index in [9.17, 15) is 13.6 Å². The van der Waals surface area contributed by atoms with Crippen LogP contribution in [0.2, 0.25) is 0 Å². The molecule has 104 valence electrons. The lowest BCUT2D eigenvalue weighted by atomic mass is 10.1. The van der Waals surface area contributed by atoms with Gasteiger partial charge in [0.05, 0.1) is 0 Å². The first-order chi connectivity index (χ1) is 9.13. The number of likely N-dealkylation sites (tertiary alicyclic amines) is 1. The molecular weight excluding hydrogens is 250 g/mol. The summed E-state index contributed by atoms with van der Waals surface area (Å²) in [5, 5.41) is 0. The third kappa shape index (κ3) is 3.10. The fourth-order valence-corrected chi connectivity index (χ4v) is 2.55. The molecule has 5 heteroatoms. The summed E-state index contributed by atoms with van der Waals surface area (Å²) in [7, 11) is 0. The molecule has 1 aromatic rings. The number of rotatable bonds is 4. The summed E-state index contributed by atoms with van der Waals surface area (Å²) < 4.78 is 26.0. The number of hydrogen-bond donors (Lipinski definition) is 1. The van der Waals surface area contributed by atoms with Crippen molar-refractivity contribution in [1.29, 1.82) is 0 Å². The van der Waals surface area contributed by atoms with Crippen LogP contribution in [0, 0.1) is 11.6 Å². The van der Waals surface area contributed by atoms with Crippen molar-refractivity contribution < 1.29 is 13.6 Å². The average molecular weight is 268 g/mol. The van der Waals surface area contributed by atoms with Gasteiger partial charge in [0.1, 0.15) is 0 Å². The molecule has 0 radical (unpaired) electrons. The number of nitrogens with zero attached hydrogens (tertiary/aromatic N) is 1. The molecule has 1 saturated heterocycles. The van der Waals surface area contributed by atoms with Crippen LogP contribution in [0.25, 0.3) is 0 Å². The van der Waals surface area contributed by atoms with Crippen molar-refractivity contribution in [3.05, 3.63) is 35.4 Å². The highest BCUT2D eigenvalue weighted by atomic mass is 19.2. The third-order valence-corrected chi connectivity index (χ3v) is 3.55. The Morgan fingerprint density at radius 2 is 2.16 bits per heavy atom. The zero-order valence-electron chi connectivity index (χ0n) is 10.7. The third-order valence-electron chi connectivity index (χ3n) is 3.55. The minimum absolute atomic E-state index is 0.171. The molecule has 1 aliphatic heterocycles. The SMILES string of the molecule is NCCCC1CCCN1C(=O)c1ccc(F)c(F)c1. The van der Waals surface area contributed by atoms with E-state index in [2.05, 4.69) is 0 Å². The van der Waals surface area contributed by atoms with E-state index in [1.165, 1.54) is 6.07 Å². The van der Waals surface area contributed by atoms with Crippen LogP contribution in [0.3, 0.4) is 0 Å². The molecule has 0 spiro atoms. The second-order valence-electron chi connectivity index (χ2n) is 4.85. The zero-order chi connectivity index (χ0) is 13.8. The minimum Gasteiger partial charge on any atom is -0.336 e. The highest BCUT2D eigenvalue weighted by Crippen LogP contribution is 2.23. The van der Waals surface area contributed by atoms with Crippen LogP contribution in [-0.2, 0) is 0 Å². The molecule has 2 N–H and O–H groups in total. The molecule has 1 aromatic carbocycles. The highest BCUT2D eigenvalue weighted by molar-refractivity contribution is 5.94. The molecule has 2 rings (SSSR count). The Bertz CT molecular complexity index is 465. The van der Waals surface area contributed by atoms with Crippen molar-refractivity contribution in [1.82, 2.24) is 4.90 Å². The van der Waals surface area contributed by atoms with Gasteiger partial charge in [0.15, 0.2) is 11.6 Å². The lowest BCUT2D eigenvalue weighted by Crippen LogP contribution is -2.35. The van der Waals surface area contributed by atoms with Gasteiger partial charge in [0.25, 0.3) is 5.91 Å². The number of amides is 1. The van der Waals surface area contributed by atoms with Crippen LogP contribution in [0.4, 0.5) is 8.78 Å². The van der Waals surface area contributed by atoms with Gasteiger partial charge in [-0.1, -0.05) is 0 Å². The predicted molar refractivity (Wildman–Crippen MR) is 68.7 cm³/mol. The number of benzene rings is 1. The summed E-state index contributed by atoms with van der Waals surface area (Å²) >= 11 is 0. The van der Waals surface area contributed by atoms with E-state index < -0.39 is 11.6 Å². The van der Waals surface area contributed by atoms with Gasteiger partial charge in [-0.3, -0.25) is 4.79 Å². The molecular formula is C14H18F2N2O. The molecule has 1 atom stereocenters. The van der Waals surface area contributed by atoms with E-state index in [-0.39, 0.29) is 17.5 Å². The second kappa shape index (κ2) is 6.10. The number of halogens is 2. The van der Waals surface area contributed by atoms with Gasteiger partial charge in [0.2, 0.25) is 0 Å². The standard InChI is InChI=1S/C14H18F2N2O/c15-12-6-5-10(9-13(12)16)14(19)18-8-2-4-11(18)3-1-7-17/h5-6,9,11H,1-4,7-8,17H2. The van der Waals surface area contributed by atoms with Crippen LogP contribution in [0.15, 0.2) is 18.2 Å². The molecule has 0 aromatic heterocycles. The Balaban J connectivity index is 2.11. The van der Waals surface area contributed by atoms with Gasteiger partial charge in [-0.15, -0.1) is 0 Å². The molecule has 19 heavy (non-hydrogen) atoms. The molecule has 1 aliphatic rings. The van der Waals surface area contributed by atoms with Gasteiger partial charge >= 0.3 is 0 Å². The number of hydrogen-bond acceptors (Lipinski definition) is 2. The Labute approximate surface area is 111 Å². The number of nitrogens with two attached hydrogens (primary N) is 1. The van der Waals surface area contributed by atoms with Crippen molar-refractivity contribution >= 4 is 5.91 Å². The van der Waals surface area contributed by atoms with Crippen LogP contribution in [0.1, 0.15) is 36.0 Å². The normalized spacial score (nSPS) is 18.9. The van der Waals surface area contributed by atoms with Crippen LogP contribution in [0.5, 0.6) is 0 Å². The van der Waals surface area contributed by atoms with Crippen molar-refractivity contribution in [3.63, 3.8) is 0 Å². The first kappa shape index (κ1) is 13.9. The maximum absolute atomic E-state index is 13.2. The summed E-state index contributed by atoms with van der Waals surface area (Å²) in [6, 6.07) is 3.46. The fourth-order valence-electron chi connectivity index (χ4n) is 2.55. The van der Waals surface area contributed by atoms with Gasteiger partial charge in [0, 0.05) is 18.2 Å². The van der Waals surface area contributed by atoms with E-state index in [1.54, 1.807) is 4.90 Å². The van der Waals surface area contributed by atoms with Crippen molar-refractivity contribution in [3.8, 4) is 0 Å². The van der Waals surface area contributed by atoms with Crippen molar-refractivity contribution in [2.45, 2.75) is 31.7 Å². The Morgan fingerprint density at radius 3 is 2.84 bits per heavy atom. The summed E-state index contributed by atoms with van der Waals surface area (Å²) in [5.41, 5.74) is 5.69. The smallest absolute Gasteiger partial charge is 0.254 e. The lowest BCUT2D eigenvalue weighted by molar-refractivity contribution is 0.0729. The van der Waals surface area contributed by atoms with Crippen molar-refractivity contribution in [2.75, 3.05) is 13.1 Å². The molecule has 0 saturated carbocycles. The maximum Gasteiger partial charge on any atom is 0.254 e. The summed E-state index contributed by atoms with van der Waals surface area (Å²) in [6.07, 6.45) is 3.64. The highest BCUT2D eigenvalue weighted by Gasteiger charge is 2.29. The molecule has 0 bridgehead atoms. The number of carbonyl (C=O) groups excluding carboxylic acids is 1. The summed E-state index contributed by atoms with van der Waals surface area (Å²) in [6.45, 7) is 1.27. The molecule has 1 fully saturated rings. The first-order valence-electron chi connectivity index (χ1n) is 6.59. The van der Waals surface area contributed by atoms with Crippen LogP contribution in [-0.4, -0.2) is 29.9 Å². The topological polar surface area (TPSA) is 46.3 Å². The quantitative estimate of drug-likeness (QED) is 0.910. The van der Waals surface area contributed by atoms with Crippen LogP contribution >= 0.6 is 0 Å². The lowest BCUT2D eigenvalue weighted by Gasteiger charge is -2.24. The van der Waals surface area contributed by atoms with Gasteiger partial charge in [-0.2, -0.15) is 0 Å². The van der Waals surface area contributed by atoms with E-state index in [0.29, 0.717) is 13.1 Å². The maximum atomic E-state index is 13.2. The Morgan fingerprint density at radius 1 is 1.37 bits per heavy atom. The zero-order valence-corrected chi connectivity index (χ0v) is 10.7. The molecule has 3 nitrogen and oxygen atoms in total. The fraction of sp³-hybridized carbons (Fsp3) is 0.500. The predicted octanol–water partition coefficient (Wildman–Crippen LogP) is 2.31. The van der Waals surface area contributed by atoms with E-state index in [4.69, 9.17) is 5.73 Å². The van der Waals surface area contributed by atoms with E-state index in [1.807, 2.05) is 0 Å². The second-order valence-corrected chi connectivity index (χ2v) is 4.85. The van der Waals surface area contributed by atoms with E-state index >= 15 is 0 Å². The van der Waals surface area contributed by atoms with Crippen molar-refractivity contribution in [2.24, 2.45) is 5.73 Å². The molecule has 1 unspecified atom stereocenters. The van der Waals surface area contributed by atoms with Gasteiger partial charge in [-0.05, 0) is 50.4 Å². The molecule has 0 aliphatic carbocycles. The Hall–Kier alpha value is -1.49. The Kier molecular flexibility index (Phi) is 4.47. The average Bonchev–Trinajstić information content (AvgIpc) is 2.87. The van der Waals surface area contributed by atoms with Crippen LogP contribution < -0.4 is 5.73 Å². The summed E-state index contributed by atoms with van der Waals surface area (Å²) in [5.74, 6) is -2.14. The van der Waals surface area contributed by atoms with Gasteiger partial charge in [-0.25, -0.2) is 8.78 Å². The first-order valence-corrected chi connectivity index (χ1v) is 6.59. The minimum atomic E-state index is -0.983. The molecule has 1 amide bonds. The van der Waals surface area contributed by atoms with E-state index in [0.717, 1.165) is 37.8 Å². The number of carbonyl (C=O) groups is 1.